The lowest BCUT2D eigenvalue weighted by molar-refractivity contribution is 0.653. The van der Waals surface area contributed by atoms with Crippen LogP contribution in [-0.4, -0.2) is 18.1 Å². The third-order valence-electron chi connectivity index (χ3n) is 3.42. The molecule has 0 unspecified atom stereocenters. The lowest BCUT2D eigenvalue weighted by atomic mass is 10.1. The molecule has 1 saturated carbocycles. The molecule has 86 valence electrons. The van der Waals surface area contributed by atoms with Crippen molar-refractivity contribution in [3.05, 3.63) is 29.8 Å². The highest BCUT2D eigenvalue weighted by atomic mass is 32.1. The number of nitrogens with two attached hydrogens (primary N) is 1. The second-order valence-electron chi connectivity index (χ2n) is 4.43. The minimum Gasteiger partial charge on any atom is -0.389 e. The maximum Gasteiger partial charge on any atom is 0.106 e. The molecule has 1 fully saturated rings. The van der Waals surface area contributed by atoms with Crippen molar-refractivity contribution < 1.29 is 0 Å². The molecule has 0 aliphatic heterocycles. The number of thiocarbonyl (C=S) groups is 1. The van der Waals surface area contributed by atoms with Crippen molar-refractivity contribution in [1.29, 1.82) is 0 Å². The molecule has 0 heterocycles. The predicted octanol–water partition coefficient (Wildman–Crippen LogP) is 2.70. The summed E-state index contributed by atoms with van der Waals surface area (Å²) in [5, 5.41) is 0. The van der Waals surface area contributed by atoms with Gasteiger partial charge in [-0.1, -0.05) is 37.2 Å². The summed E-state index contributed by atoms with van der Waals surface area (Å²) in [5.74, 6) is 0. The zero-order valence-electron chi connectivity index (χ0n) is 9.65. The van der Waals surface area contributed by atoms with Crippen LogP contribution in [0.3, 0.4) is 0 Å². The first-order valence-electron chi connectivity index (χ1n) is 5.82. The van der Waals surface area contributed by atoms with Gasteiger partial charge in [-0.3, -0.25) is 0 Å². The maximum absolute atomic E-state index is 5.76. The highest BCUT2D eigenvalue weighted by Gasteiger charge is 2.21. The first-order chi connectivity index (χ1) is 7.70. The number of hydrogen-bond donors (Lipinski definition) is 1. The third kappa shape index (κ3) is 2.19. The van der Waals surface area contributed by atoms with E-state index in [0.29, 0.717) is 11.0 Å². The van der Waals surface area contributed by atoms with E-state index in [1.54, 1.807) is 0 Å². The minimum atomic E-state index is 0.487. The van der Waals surface area contributed by atoms with Crippen molar-refractivity contribution in [2.45, 2.75) is 31.7 Å². The molecule has 2 rings (SSSR count). The van der Waals surface area contributed by atoms with E-state index >= 15 is 0 Å². The quantitative estimate of drug-likeness (QED) is 0.815. The van der Waals surface area contributed by atoms with Crippen molar-refractivity contribution in [2.24, 2.45) is 5.73 Å². The molecule has 1 aliphatic carbocycles. The SMILES string of the molecule is CN(c1ccccc1C(N)=S)C1CCCC1. The van der Waals surface area contributed by atoms with E-state index in [1.165, 1.54) is 31.4 Å². The number of hydrogen-bond acceptors (Lipinski definition) is 2. The molecule has 0 aromatic heterocycles. The third-order valence-corrected chi connectivity index (χ3v) is 3.64. The van der Waals surface area contributed by atoms with Gasteiger partial charge in [0.15, 0.2) is 0 Å². The Morgan fingerprint density at radius 3 is 2.56 bits per heavy atom. The van der Waals surface area contributed by atoms with Crippen LogP contribution in [0.15, 0.2) is 24.3 Å². The molecule has 3 heteroatoms. The summed E-state index contributed by atoms with van der Waals surface area (Å²) in [4.78, 5) is 2.82. The molecule has 0 radical (unpaired) electrons. The second-order valence-corrected chi connectivity index (χ2v) is 4.87. The van der Waals surface area contributed by atoms with Crippen LogP contribution in [0.5, 0.6) is 0 Å². The van der Waals surface area contributed by atoms with Gasteiger partial charge in [0.1, 0.15) is 4.99 Å². The molecule has 1 aromatic rings. The van der Waals surface area contributed by atoms with E-state index in [1.807, 2.05) is 18.2 Å². The normalized spacial score (nSPS) is 16.3. The zero-order valence-corrected chi connectivity index (χ0v) is 10.5. The molecule has 0 bridgehead atoms. The fourth-order valence-electron chi connectivity index (χ4n) is 2.48. The summed E-state index contributed by atoms with van der Waals surface area (Å²) in [6, 6.07) is 8.79. The van der Waals surface area contributed by atoms with Crippen molar-refractivity contribution in [3.63, 3.8) is 0 Å². The Bertz CT molecular complexity index is 383. The van der Waals surface area contributed by atoms with Crippen molar-refractivity contribution >= 4 is 22.9 Å². The van der Waals surface area contributed by atoms with Gasteiger partial charge in [0.25, 0.3) is 0 Å². The Morgan fingerprint density at radius 2 is 1.94 bits per heavy atom. The highest BCUT2D eigenvalue weighted by Crippen LogP contribution is 2.28. The smallest absolute Gasteiger partial charge is 0.106 e. The van der Waals surface area contributed by atoms with Crippen molar-refractivity contribution in [2.75, 3.05) is 11.9 Å². The van der Waals surface area contributed by atoms with Crippen LogP contribution in [-0.2, 0) is 0 Å². The van der Waals surface area contributed by atoms with Gasteiger partial charge in [-0.25, -0.2) is 0 Å². The Kier molecular flexibility index (Phi) is 3.44. The van der Waals surface area contributed by atoms with Gasteiger partial charge in [-0.05, 0) is 25.0 Å². The van der Waals surface area contributed by atoms with Gasteiger partial charge in [0.2, 0.25) is 0 Å². The maximum atomic E-state index is 5.76. The molecule has 0 spiro atoms. The van der Waals surface area contributed by atoms with Gasteiger partial charge in [-0.2, -0.15) is 0 Å². The first kappa shape index (κ1) is 11.4. The van der Waals surface area contributed by atoms with Crippen LogP contribution in [0.4, 0.5) is 5.69 Å². The van der Waals surface area contributed by atoms with E-state index in [-0.39, 0.29) is 0 Å². The van der Waals surface area contributed by atoms with Gasteiger partial charge in [0.05, 0.1) is 0 Å². The summed E-state index contributed by atoms with van der Waals surface area (Å²) >= 11 is 5.09. The van der Waals surface area contributed by atoms with Gasteiger partial charge >= 0.3 is 0 Å². The van der Waals surface area contributed by atoms with E-state index in [9.17, 15) is 0 Å². The summed E-state index contributed by atoms with van der Waals surface area (Å²) in [6.07, 6.45) is 5.23. The molecule has 2 N–H and O–H groups in total. The van der Waals surface area contributed by atoms with E-state index in [4.69, 9.17) is 18.0 Å². The lowest BCUT2D eigenvalue weighted by Crippen LogP contribution is -2.30. The van der Waals surface area contributed by atoms with Crippen LogP contribution in [0.1, 0.15) is 31.2 Å². The minimum absolute atomic E-state index is 0.487. The molecule has 2 nitrogen and oxygen atoms in total. The Labute approximate surface area is 102 Å². The standard InChI is InChI=1S/C13H18N2S/c1-15(10-6-2-3-7-10)12-9-5-4-8-11(12)13(14)16/h4-5,8-10H,2-3,6-7H2,1H3,(H2,14,16). The Morgan fingerprint density at radius 1 is 1.31 bits per heavy atom. The van der Waals surface area contributed by atoms with Crippen LogP contribution in [0.2, 0.25) is 0 Å². The summed E-state index contributed by atoms with van der Waals surface area (Å²) in [7, 11) is 2.15. The molecule has 1 aliphatic rings. The zero-order chi connectivity index (χ0) is 11.5. The topological polar surface area (TPSA) is 29.3 Å². The van der Waals surface area contributed by atoms with Crippen LogP contribution >= 0.6 is 12.2 Å². The van der Waals surface area contributed by atoms with E-state index in [2.05, 4.69) is 18.0 Å². The monoisotopic (exact) mass is 234 g/mol. The fourth-order valence-corrected chi connectivity index (χ4v) is 2.65. The van der Waals surface area contributed by atoms with Crippen molar-refractivity contribution in [3.8, 4) is 0 Å². The molecule has 1 aromatic carbocycles. The molecule has 0 amide bonds. The molecular weight excluding hydrogens is 216 g/mol. The lowest BCUT2D eigenvalue weighted by Gasteiger charge is -2.28. The molecule has 0 saturated heterocycles. The fraction of sp³-hybridized carbons (Fsp3) is 0.462. The number of nitrogens with zero attached hydrogens (tertiary/aromatic N) is 1. The van der Waals surface area contributed by atoms with E-state index < -0.39 is 0 Å². The number of para-hydroxylation sites is 1. The molecular formula is C13H18N2S. The Balaban J connectivity index is 2.27. The Hall–Kier alpha value is -1.09. The van der Waals surface area contributed by atoms with Crippen LogP contribution in [0, 0.1) is 0 Å². The average Bonchev–Trinajstić information content (AvgIpc) is 2.81. The van der Waals surface area contributed by atoms with Gasteiger partial charge in [-0.15, -0.1) is 0 Å². The van der Waals surface area contributed by atoms with Crippen LogP contribution in [0.25, 0.3) is 0 Å². The number of anilines is 1. The predicted molar refractivity (Wildman–Crippen MR) is 73.0 cm³/mol. The van der Waals surface area contributed by atoms with Gasteiger partial charge < -0.3 is 10.6 Å². The second kappa shape index (κ2) is 4.83. The largest absolute Gasteiger partial charge is 0.389 e. The van der Waals surface area contributed by atoms with Crippen LogP contribution < -0.4 is 10.6 Å². The van der Waals surface area contributed by atoms with Crippen molar-refractivity contribution in [1.82, 2.24) is 0 Å². The summed E-state index contributed by atoms with van der Waals surface area (Å²) in [5.41, 5.74) is 7.92. The summed E-state index contributed by atoms with van der Waals surface area (Å²) < 4.78 is 0. The molecule has 0 atom stereocenters. The van der Waals surface area contributed by atoms with E-state index in [0.717, 1.165) is 5.56 Å². The number of benzene rings is 1. The summed E-state index contributed by atoms with van der Waals surface area (Å²) in [6.45, 7) is 0. The number of rotatable bonds is 3. The molecule has 16 heavy (non-hydrogen) atoms. The average molecular weight is 234 g/mol. The van der Waals surface area contributed by atoms with Gasteiger partial charge in [0, 0.05) is 24.3 Å². The first-order valence-corrected chi connectivity index (χ1v) is 6.22. The highest BCUT2D eigenvalue weighted by molar-refractivity contribution is 7.80.